The van der Waals surface area contributed by atoms with Crippen LogP contribution in [0.1, 0.15) is 20.3 Å². The van der Waals surface area contributed by atoms with Gasteiger partial charge in [-0.15, -0.1) is 0 Å². The molecule has 0 aliphatic carbocycles. The van der Waals surface area contributed by atoms with Gasteiger partial charge in [-0.3, -0.25) is 0 Å². The Labute approximate surface area is 58.7 Å². The quantitative estimate of drug-likeness (QED) is 0.521. The van der Waals surface area contributed by atoms with Crippen molar-refractivity contribution in [2.24, 2.45) is 0 Å². The van der Waals surface area contributed by atoms with Crippen LogP contribution in [-0.4, -0.2) is 18.5 Å². The number of hydrogen-bond acceptors (Lipinski definition) is 0. The summed E-state index contributed by atoms with van der Waals surface area (Å²) in [5, 5.41) is 0. The first-order valence-electron chi connectivity index (χ1n) is 3.86. The van der Waals surface area contributed by atoms with Gasteiger partial charge < -0.3 is 0 Å². The third-order valence-corrected chi connectivity index (χ3v) is 6.93. The third-order valence-electron chi connectivity index (χ3n) is 2.42. The molecule has 1 heterocycles. The Morgan fingerprint density at radius 2 is 2.00 bits per heavy atom. The SMILES string of the molecule is CC[P+]1(CC)C=CCC1. The van der Waals surface area contributed by atoms with Crippen molar-refractivity contribution in [1.29, 1.82) is 0 Å². The number of hydrogen-bond donors (Lipinski definition) is 0. The first-order valence-corrected chi connectivity index (χ1v) is 6.28. The van der Waals surface area contributed by atoms with Crippen molar-refractivity contribution < 1.29 is 0 Å². The van der Waals surface area contributed by atoms with E-state index in [0.29, 0.717) is 0 Å². The van der Waals surface area contributed by atoms with Crippen LogP contribution >= 0.6 is 7.26 Å². The van der Waals surface area contributed by atoms with Crippen LogP contribution in [0.25, 0.3) is 0 Å². The Hall–Kier alpha value is 0.170. The van der Waals surface area contributed by atoms with Crippen molar-refractivity contribution in [3.05, 3.63) is 11.9 Å². The van der Waals surface area contributed by atoms with Crippen molar-refractivity contribution in [2.45, 2.75) is 20.3 Å². The lowest BCUT2D eigenvalue weighted by Gasteiger charge is -2.14. The average Bonchev–Trinajstić information content (AvgIpc) is 2.36. The van der Waals surface area contributed by atoms with Crippen molar-refractivity contribution in [1.82, 2.24) is 0 Å². The van der Waals surface area contributed by atoms with E-state index in [4.69, 9.17) is 0 Å². The predicted molar refractivity (Wildman–Crippen MR) is 46.6 cm³/mol. The van der Waals surface area contributed by atoms with Crippen LogP contribution in [0.5, 0.6) is 0 Å². The minimum absolute atomic E-state index is 0.489. The highest BCUT2D eigenvalue weighted by Gasteiger charge is 2.32. The van der Waals surface area contributed by atoms with Crippen LogP contribution in [0.2, 0.25) is 0 Å². The van der Waals surface area contributed by atoms with Crippen LogP contribution < -0.4 is 0 Å². The minimum Gasteiger partial charge on any atom is -0.0460 e. The van der Waals surface area contributed by atoms with Crippen LogP contribution in [0.3, 0.4) is 0 Å². The van der Waals surface area contributed by atoms with Crippen LogP contribution in [0.4, 0.5) is 0 Å². The molecule has 1 aliphatic rings. The highest BCUT2D eigenvalue weighted by Crippen LogP contribution is 2.62. The van der Waals surface area contributed by atoms with Gasteiger partial charge in [0.1, 0.15) is 0 Å². The van der Waals surface area contributed by atoms with E-state index in [0.717, 1.165) is 0 Å². The van der Waals surface area contributed by atoms with E-state index < -0.39 is 7.26 Å². The summed E-state index contributed by atoms with van der Waals surface area (Å²) in [7, 11) is -0.489. The molecule has 0 aromatic rings. The Bertz CT molecular complexity index is 112. The van der Waals surface area contributed by atoms with Gasteiger partial charge in [0.2, 0.25) is 0 Å². The van der Waals surface area contributed by atoms with E-state index >= 15 is 0 Å². The predicted octanol–water partition coefficient (Wildman–Crippen LogP) is 2.96. The molecule has 0 bridgehead atoms. The molecule has 52 valence electrons. The maximum absolute atomic E-state index is 2.52. The highest BCUT2D eigenvalue weighted by molar-refractivity contribution is 7.79. The molecule has 0 nitrogen and oxygen atoms in total. The Balaban J connectivity index is 2.57. The van der Waals surface area contributed by atoms with E-state index in [9.17, 15) is 0 Å². The summed E-state index contributed by atoms with van der Waals surface area (Å²) in [6, 6.07) is 0. The third kappa shape index (κ3) is 1.35. The largest absolute Gasteiger partial charge is 0.0671 e. The van der Waals surface area contributed by atoms with Gasteiger partial charge in [-0.25, -0.2) is 0 Å². The second kappa shape index (κ2) is 2.84. The second-order valence-corrected chi connectivity index (χ2v) is 7.20. The Morgan fingerprint density at radius 1 is 1.33 bits per heavy atom. The van der Waals surface area contributed by atoms with Gasteiger partial charge in [0.25, 0.3) is 0 Å². The zero-order chi connectivity index (χ0) is 6.74. The fraction of sp³-hybridized carbons (Fsp3) is 0.750. The second-order valence-electron chi connectivity index (χ2n) is 2.75. The van der Waals surface area contributed by atoms with E-state index in [1.54, 1.807) is 0 Å². The van der Waals surface area contributed by atoms with Crippen LogP contribution in [0.15, 0.2) is 11.9 Å². The van der Waals surface area contributed by atoms with Crippen molar-refractivity contribution >= 4 is 7.26 Å². The van der Waals surface area contributed by atoms with Gasteiger partial charge in [-0.05, 0) is 19.9 Å². The van der Waals surface area contributed by atoms with Gasteiger partial charge in [0.15, 0.2) is 0 Å². The first-order chi connectivity index (χ1) is 4.33. The topological polar surface area (TPSA) is 0 Å². The molecule has 0 amide bonds. The molecule has 1 heteroatoms. The lowest BCUT2D eigenvalue weighted by Crippen LogP contribution is -1.96. The maximum atomic E-state index is 2.52. The van der Waals surface area contributed by atoms with Gasteiger partial charge in [-0.1, -0.05) is 0 Å². The summed E-state index contributed by atoms with van der Waals surface area (Å²) in [6.07, 6.45) is 8.09. The molecule has 0 aromatic heterocycles. The van der Waals surface area contributed by atoms with Crippen LogP contribution in [-0.2, 0) is 0 Å². The lowest BCUT2D eigenvalue weighted by molar-refractivity contribution is 1.23. The fourth-order valence-electron chi connectivity index (χ4n) is 1.45. The van der Waals surface area contributed by atoms with Gasteiger partial charge in [-0.2, -0.15) is 0 Å². The van der Waals surface area contributed by atoms with Gasteiger partial charge >= 0.3 is 0 Å². The summed E-state index contributed by atoms with van der Waals surface area (Å²) in [5.41, 5.74) is 0. The summed E-state index contributed by atoms with van der Waals surface area (Å²) >= 11 is 0. The standard InChI is InChI=1S/C8H16P/c1-3-9(4-2)7-5-6-8-9/h5,7H,3-4,6,8H2,1-2H3/q+1. The molecule has 0 fully saturated rings. The molecule has 0 N–H and O–H groups in total. The zero-order valence-corrected chi connectivity index (χ0v) is 7.32. The maximum Gasteiger partial charge on any atom is 0.0671 e. The monoisotopic (exact) mass is 143 g/mol. The molecule has 1 rings (SSSR count). The molecule has 0 radical (unpaired) electrons. The molecule has 9 heavy (non-hydrogen) atoms. The molecule has 0 atom stereocenters. The first kappa shape index (κ1) is 7.28. The normalized spacial score (nSPS) is 22.9. The minimum atomic E-state index is -0.489. The van der Waals surface area contributed by atoms with Gasteiger partial charge in [0.05, 0.1) is 24.3 Å². The Morgan fingerprint density at radius 3 is 2.22 bits per heavy atom. The zero-order valence-electron chi connectivity index (χ0n) is 6.43. The fourth-order valence-corrected chi connectivity index (χ4v) is 4.36. The molecular weight excluding hydrogens is 127 g/mol. The molecule has 0 unspecified atom stereocenters. The number of rotatable bonds is 2. The molecule has 1 aliphatic heterocycles. The van der Waals surface area contributed by atoms with E-state index in [1.807, 2.05) is 0 Å². The smallest absolute Gasteiger partial charge is 0.0460 e. The highest BCUT2D eigenvalue weighted by atomic mass is 31.2. The molecule has 0 spiro atoms. The Kier molecular flexibility index (Phi) is 2.29. The van der Waals surface area contributed by atoms with Crippen molar-refractivity contribution in [3.63, 3.8) is 0 Å². The molecule has 0 aromatic carbocycles. The summed E-state index contributed by atoms with van der Waals surface area (Å²) in [5.74, 6) is 2.52. The van der Waals surface area contributed by atoms with E-state index in [1.165, 1.54) is 24.9 Å². The van der Waals surface area contributed by atoms with E-state index in [-0.39, 0.29) is 0 Å². The van der Waals surface area contributed by atoms with Crippen molar-refractivity contribution in [3.8, 4) is 0 Å². The molecule has 0 saturated heterocycles. The number of allylic oxidation sites excluding steroid dienone is 1. The molecular formula is C8H16P+. The lowest BCUT2D eigenvalue weighted by atomic mass is 10.5. The van der Waals surface area contributed by atoms with Gasteiger partial charge in [0, 0.05) is 13.7 Å². The van der Waals surface area contributed by atoms with Crippen LogP contribution in [0, 0.1) is 0 Å². The summed E-state index contributed by atoms with van der Waals surface area (Å²) < 4.78 is 0. The molecule has 0 saturated carbocycles. The van der Waals surface area contributed by atoms with E-state index in [2.05, 4.69) is 25.7 Å². The average molecular weight is 143 g/mol. The summed E-state index contributed by atoms with van der Waals surface area (Å²) in [4.78, 5) is 0. The van der Waals surface area contributed by atoms with Crippen molar-refractivity contribution in [2.75, 3.05) is 18.5 Å². The summed E-state index contributed by atoms with van der Waals surface area (Å²) in [6.45, 7) is 4.68.